The maximum Gasteiger partial charge on any atom is 0.387 e. The van der Waals surface area contributed by atoms with Crippen molar-refractivity contribution in [1.82, 2.24) is 0 Å². The van der Waals surface area contributed by atoms with E-state index in [0.29, 0.717) is 16.4 Å². The minimum atomic E-state index is -2.90. The Morgan fingerprint density at radius 3 is 1.85 bits per heavy atom. The van der Waals surface area contributed by atoms with E-state index < -0.39 is 6.61 Å². The summed E-state index contributed by atoms with van der Waals surface area (Å²) >= 11 is 6.91. The van der Waals surface area contributed by atoms with Gasteiger partial charge in [-0.25, -0.2) is 0 Å². The lowest BCUT2D eigenvalue weighted by atomic mass is 10.3. The third kappa shape index (κ3) is 7.28. The van der Waals surface area contributed by atoms with Gasteiger partial charge >= 0.3 is 6.61 Å². The molecule has 0 fully saturated rings. The van der Waals surface area contributed by atoms with Crippen molar-refractivity contribution >= 4 is 46.6 Å². The van der Waals surface area contributed by atoms with Crippen molar-refractivity contribution in [2.45, 2.75) is 6.61 Å². The summed E-state index contributed by atoms with van der Waals surface area (Å²) < 4.78 is 28.3. The lowest BCUT2D eigenvalue weighted by Crippen LogP contribution is -2.18. The monoisotopic (exact) mass is 400 g/mol. The van der Waals surface area contributed by atoms with Gasteiger partial charge in [-0.1, -0.05) is 11.6 Å². The van der Waals surface area contributed by atoms with Gasteiger partial charge in [0.05, 0.1) is 11.5 Å². The van der Waals surface area contributed by atoms with Gasteiger partial charge in [0.2, 0.25) is 11.8 Å². The molecule has 0 radical (unpaired) electrons. The number of carbonyl (C=O) groups is 2. The average Bonchev–Trinajstić information content (AvgIpc) is 2.58. The molecule has 0 bridgehead atoms. The fraction of sp³-hybridized carbons (Fsp3) is 0.176. The van der Waals surface area contributed by atoms with Crippen LogP contribution in [0.1, 0.15) is 0 Å². The van der Waals surface area contributed by atoms with Gasteiger partial charge in [0.1, 0.15) is 5.75 Å². The van der Waals surface area contributed by atoms with Gasteiger partial charge in [-0.05, 0) is 48.5 Å². The number of amides is 2. The summed E-state index contributed by atoms with van der Waals surface area (Å²) in [6.07, 6.45) is 0. The summed E-state index contributed by atoms with van der Waals surface area (Å²) in [5, 5.41) is 5.86. The lowest BCUT2D eigenvalue weighted by molar-refractivity contribution is -0.114. The number of alkyl halides is 2. The molecule has 0 spiro atoms. The molecule has 2 aromatic carbocycles. The molecule has 0 aliphatic carbocycles. The third-order valence-electron chi connectivity index (χ3n) is 2.96. The molecule has 0 aromatic heterocycles. The van der Waals surface area contributed by atoms with Gasteiger partial charge < -0.3 is 15.4 Å². The second-order valence-electron chi connectivity index (χ2n) is 5.00. The predicted molar refractivity (Wildman–Crippen MR) is 99.1 cm³/mol. The van der Waals surface area contributed by atoms with E-state index in [1.54, 1.807) is 24.3 Å². The zero-order valence-corrected chi connectivity index (χ0v) is 14.9. The first-order chi connectivity index (χ1) is 12.4. The standard InChI is InChI=1S/C17H15ClF2N2O3S/c18-11-1-3-12(4-2-11)21-15(23)9-26-10-16(24)22-13-5-7-14(8-6-13)25-17(19)20/h1-8,17H,9-10H2,(H,21,23)(H,22,24). The van der Waals surface area contributed by atoms with Crippen molar-refractivity contribution in [3.63, 3.8) is 0 Å². The molecule has 0 saturated carbocycles. The number of hydrogen-bond acceptors (Lipinski definition) is 4. The molecule has 5 nitrogen and oxygen atoms in total. The highest BCUT2D eigenvalue weighted by Crippen LogP contribution is 2.18. The second kappa shape index (κ2) is 9.98. The number of anilines is 2. The second-order valence-corrected chi connectivity index (χ2v) is 6.42. The number of carbonyl (C=O) groups excluding carboxylic acids is 2. The summed E-state index contributed by atoms with van der Waals surface area (Å²) in [5.41, 5.74) is 1.07. The van der Waals surface area contributed by atoms with E-state index >= 15 is 0 Å². The van der Waals surface area contributed by atoms with Crippen molar-refractivity contribution in [3.05, 3.63) is 53.6 Å². The molecule has 2 aromatic rings. The highest BCUT2D eigenvalue weighted by molar-refractivity contribution is 8.00. The first-order valence-corrected chi connectivity index (χ1v) is 8.93. The number of ether oxygens (including phenoxy) is 1. The summed E-state index contributed by atoms with van der Waals surface area (Å²) in [4.78, 5) is 23.6. The smallest absolute Gasteiger partial charge is 0.387 e. The molecule has 0 aliphatic heterocycles. The number of thioether (sulfide) groups is 1. The fourth-order valence-electron chi connectivity index (χ4n) is 1.88. The van der Waals surface area contributed by atoms with Crippen LogP contribution in [0.3, 0.4) is 0 Å². The van der Waals surface area contributed by atoms with Crippen LogP contribution in [-0.2, 0) is 9.59 Å². The molecular weight excluding hydrogens is 386 g/mol. The SMILES string of the molecule is O=C(CSCC(=O)Nc1ccc(OC(F)F)cc1)Nc1ccc(Cl)cc1. The van der Waals surface area contributed by atoms with Crippen LogP contribution in [0, 0.1) is 0 Å². The van der Waals surface area contributed by atoms with Crippen LogP contribution in [0.4, 0.5) is 20.2 Å². The van der Waals surface area contributed by atoms with Crippen LogP contribution >= 0.6 is 23.4 Å². The van der Waals surface area contributed by atoms with Gasteiger partial charge in [-0.15, -0.1) is 11.8 Å². The molecule has 2 N–H and O–H groups in total. The molecular formula is C17H15ClF2N2O3S. The van der Waals surface area contributed by atoms with E-state index in [1.165, 1.54) is 24.3 Å². The van der Waals surface area contributed by atoms with Crippen LogP contribution in [0.25, 0.3) is 0 Å². The Morgan fingerprint density at radius 2 is 1.38 bits per heavy atom. The topological polar surface area (TPSA) is 67.4 Å². The van der Waals surface area contributed by atoms with E-state index in [1.807, 2.05) is 0 Å². The predicted octanol–water partition coefficient (Wildman–Crippen LogP) is 4.25. The summed E-state index contributed by atoms with van der Waals surface area (Å²) in [7, 11) is 0. The number of hydrogen-bond donors (Lipinski definition) is 2. The summed E-state index contributed by atoms with van der Waals surface area (Å²) in [6, 6.07) is 12.2. The van der Waals surface area contributed by atoms with Gasteiger partial charge in [-0.3, -0.25) is 9.59 Å². The largest absolute Gasteiger partial charge is 0.435 e. The molecule has 2 amide bonds. The summed E-state index contributed by atoms with van der Waals surface area (Å²) in [6.45, 7) is -2.90. The molecule has 0 heterocycles. The number of nitrogens with one attached hydrogen (secondary N) is 2. The lowest BCUT2D eigenvalue weighted by Gasteiger charge is -2.08. The first kappa shape index (κ1) is 20.0. The Bertz CT molecular complexity index is 743. The maximum atomic E-state index is 12.1. The number of benzene rings is 2. The van der Waals surface area contributed by atoms with Crippen LogP contribution in [0.5, 0.6) is 5.75 Å². The Hall–Kier alpha value is -2.32. The van der Waals surface area contributed by atoms with Crippen molar-refractivity contribution in [2.24, 2.45) is 0 Å². The van der Waals surface area contributed by atoms with Gasteiger partial charge in [0.15, 0.2) is 0 Å². The van der Waals surface area contributed by atoms with Crippen LogP contribution in [0.15, 0.2) is 48.5 Å². The Morgan fingerprint density at radius 1 is 0.923 bits per heavy atom. The Kier molecular flexibility index (Phi) is 7.68. The molecule has 26 heavy (non-hydrogen) atoms. The average molecular weight is 401 g/mol. The highest BCUT2D eigenvalue weighted by atomic mass is 35.5. The van der Waals surface area contributed by atoms with E-state index in [4.69, 9.17) is 11.6 Å². The zero-order chi connectivity index (χ0) is 18.9. The Balaban J connectivity index is 1.69. The van der Waals surface area contributed by atoms with Crippen molar-refractivity contribution < 1.29 is 23.1 Å². The minimum Gasteiger partial charge on any atom is -0.435 e. The third-order valence-corrected chi connectivity index (χ3v) is 4.14. The number of rotatable bonds is 8. The van der Waals surface area contributed by atoms with Crippen molar-refractivity contribution in [2.75, 3.05) is 22.1 Å². The van der Waals surface area contributed by atoms with Gasteiger partial charge in [0.25, 0.3) is 0 Å². The van der Waals surface area contributed by atoms with E-state index in [2.05, 4.69) is 15.4 Å². The van der Waals surface area contributed by atoms with Crippen LogP contribution < -0.4 is 15.4 Å². The van der Waals surface area contributed by atoms with E-state index in [-0.39, 0.29) is 29.1 Å². The fourth-order valence-corrected chi connectivity index (χ4v) is 2.63. The zero-order valence-electron chi connectivity index (χ0n) is 13.4. The van der Waals surface area contributed by atoms with Crippen LogP contribution in [-0.4, -0.2) is 29.9 Å². The van der Waals surface area contributed by atoms with E-state index in [9.17, 15) is 18.4 Å². The normalized spacial score (nSPS) is 10.5. The highest BCUT2D eigenvalue weighted by Gasteiger charge is 2.08. The molecule has 0 unspecified atom stereocenters. The summed E-state index contributed by atoms with van der Waals surface area (Å²) in [5.74, 6) is -0.359. The molecule has 0 aliphatic rings. The van der Waals surface area contributed by atoms with Crippen molar-refractivity contribution in [3.8, 4) is 5.75 Å². The number of halogens is 3. The Labute approximate surface area is 158 Å². The quantitative estimate of drug-likeness (QED) is 0.695. The van der Waals surface area contributed by atoms with Crippen molar-refractivity contribution in [1.29, 1.82) is 0 Å². The molecule has 0 atom stereocenters. The van der Waals surface area contributed by atoms with Crippen LogP contribution in [0.2, 0.25) is 5.02 Å². The molecule has 138 valence electrons. The molecule has 2 rings (SSSR count). The van der Waals surface area contributed by atoms with Gasteiger partial charge in [0, 0.05) is 16.4 Å². The maximum absolute atomic E-state index is 12.1. The minimum absolute atomic E-state index is 0.00578. The van der Waals surface area contributed by atoms with E-state index in [0.717, 1.165) is 11.8 Å². The van der Waals surface area contributed by atoms with Gasteiger partial charge in [-0.2, -0.15) is 8.78 Å². The first-order valence-electron chi connectivity index (χ1n) is 7.40. The molecule has 0 saturated heterocycles. The molecule has 9 heteroatoms.